The molecule has 1 aromatic heterocycles. The number of aromatic nitrogens is 1. The van der Waals surface area contributed by atoms with Gasteiger partial charge in [-0.15, -0.1) is 0 Å². The Kier molecular flexibility index (Phi) is 3.65. The molecular formula is C16H13FN2O3S. The first-order chi connectivity index (χ1) is 10.9. The van der Waals surface area contributed by atoms with E-state index in [9.17, 15) is 17.9 Å². The molecule has 0 bridgehead atoms. The summed E-state index contributed by atoms with van der Waals surface area (Å²) in [6.07, 6.45) is 2.55. The van der Waals surface area contributed by atoms with Crippen LogP contribution >= 0.6 is 0 Å². The van der Waals surface area contributed by atoms with Crippen LogP contribution in [-0.4, -0.2) is 24.8 Å². The number of nitrogens with zero attached hydrogens (tertiary/aromatic N) is 1. The van der Waals surface area contributed by atoms with Crippen LogP contribution < -0.4 is 5.32 Å². The van der Waals surface area contributed by atoms with Gasteiger partial charge < -0.3 is 10.4 Å². The standard InChI is InChI=1S/C16H13FN2O3S/c1-23(21,22)15-4-2-3-11-13(7-8-18-16(11)15)19-14-9-10(20)5-6-12(14)17/h2-9,20H,1H3,(H,18,19). The minimum atomic E-state index is -3.44. The third-order valence-corrected chi connectivity index (χ3v) is 4.48. The van der Waals surface area contributed by atoms with Crippen molar-refractivity contribution in [1.29, 1.82) is 0 Å². The SMILES string of the molecule is CS(=O)(=O)c1cccc2c(Nc3cc(O)ccc3F)ccnc12. The zero-order valence-corrected chi connectivity index (χ0v) is 12.9. The largest absolute Gasteiger partial charge is 0.508 e. The van der Waals surface area contributed by atoms with E-state index in [1.54, 1.807) is 18.2 Å². The molecule has 0 aliphatic carbocycles. The number of phenolic OH excluding ortho intramolecular Hbond substituents is 1. The highest BCUT2D eigenvalue weighted by molar-refractivity contribution is 7.91. The molecule has 0 saturated heterocycles. The highest BCUT2D eigenvalue weighted by Crippen LogP contribution is 2.30. The fourth-order valence-corrected chi connectivity index (χ4v) is 3.15. The van der Waals surface area contributed by atoms with Gasteiger partial charge in [0.05, 0.1) is 16.1 Å². The van der Waals surface area contributed by atoms with E-state index >= 15 is 0 Å². The van der Waals surface area contributed by atoms with Crippen molar-refractivity contribution >= 4 is 32.1 Å². The second kappa shape index (κ2) is 5.51. The van der Waals surface area contributed by atoms with Gasteiger partial charge in [-0.05, 0) is 24.3 Å². The Morgan fingerprint density at radius 2 is 1.91 bits per heavy atom. The summed E-state index contributed by atoms with van der Waals surface area (Å²) in [5.41, 5.74) is 0.882. The Morgan fingerprint density at radius 3 is 2.65 bits per heavy atom. The van der Waals surface area contributed by atoms with E-state index in [4.69, 9.17) is 0 Å². The van der Waals surface area contributed by atoms with E-state index in [-0.39, 0.29) is 16.3 Å². The minimum Gasteiger partial charge on any atom is -0.508 e. The summed E-state index contributed by atoms with van der Waals surface area (Å²) in [6.45, 7) is 0. The van der Waals surface area contributed by atoms with Gasteiger partial charge in [-0.2, -0.15) is 0 Å². The molecule has 0 unspecified atom stereocenters. The Labute approximate surface area is 132 Å². The number of pyridine rings is 1. The predicted molar refractivity (Wildman–Crippen MR) is 86.2 cm³/mol. The number of hydrogen-bond acceptors (Lipinski definition) is 5. The van der Waals surface area contributed by atoms with Crippen LogP contribution in [0.2, 0.25) is 0 Å². The lowest BCUT2D eigenvalue weighted by Gasteiger charge is -2.12. The van der Waals surface area contributed by atoms with E-state index in [0.29, 0.717) is 16.6 Å². The lowest BCUT2D eigenvalue weighted by molar-refractivity contribution is 0.473. The molecule has 0 fully saturated rings. The maximum atomic E-state index is 13.8. The van der Waals surface area contributed by atoms with E-state index in [1.165, 1.54) is 24.4 Å². The van der Waals surface area contributed by atoms with Crippen molar-refractivity contribution in [2.24, 2.45) is 0 Å². The highest BCUT2D eigenvalue weighted by atomic mass is 32.2. The zero-order chi connectivity index (χ0) is 16.6. The van der Waals surface area contributed by atoms with Gasteiger partial charge in [-0.25, -0.2) is 12.8 Å². The van der Waals surface area contributed by atoms with Crippen LogP contribution in [0.5, 0.6) is 5.75 Å². The molecule has 2 N–H and O–H groups in total. The Bertz CT molecular complexity index is 1000. The van der Waals surface area contributed by atoms with Crippen LogP contribution in [0.1, 0.15) is 0 Å². The Hall–Kier alpha value is -2.67. The number of rotatable bonds is 3. The van der Waals surface area contributed by atoms with Gasteiger partial charge in [-0.1, -0.05) is 12.1 Å². The molecule has 0 atom stereocenters. The molecule has 118 valence electrons. The summed E-state index contributed by atoms with van der Waals surface area (Å²) in [4.78, 5) is 4.23. The molecule has 3 rings (SSSR count). The summed E-state index contributed by atoms with van der Waals surface area (Å²) in [6, 6.07) is 10.0. The Morgan fingerprint density at radius 1 is 1.13 bits per heavy atom. The normalized spacial score (nSPS) is 11.6. The first-order valence-electron chi connectivity index (χ1n) is 6.69. The van der Waals surface area contributed by atoms with E-state index in [0.717, 1.165) is 12.3 Å². The van der Waals surface area contributed by atoms with Gasteiger partial charge >= 0.3 is 0 Å². The van der Waals surface area contributed by atoms with E-state index in [1.807, 2.05) is 0 Å². The van der Waals surface area contributed by atoms with Crippen LogP contribution in [0.15, 0.2) is 53.6 Å². The van der Waals surface area contributed by atoms with Gasteiger partial charge in [-0.3, -0.25) is 4.98 Å². The second-order valence-corrected chi connectivity index (χ2v) is 7.06. The average Bonchev–Trinajstić information content (AvgIpc) is 2.50. The van der Waals surface area contributed by atoms with Gasteiger partial charge in [0.15, 0.2) is 9.84 Å². The van der Waals surface area contributed by atoms with Crippen molar-refractivity contribution in [2.75, 3.05) is 11.6 Å². The molecule has 23 heavy (non-hydrogen) atoms. The van der Waals surface area contributed by atoms with Crippen molar-refractivity contribution < 1.29 is 17.9 Å². The molecule has 5 nitrogen and oxygen atoms in total. The summed E-state index contributed by atoms with van der Waals surface area (Å²) in [5.74, 6) is -0.615. The number of sulfone groups is 1. The fraction of sp³-hybridized carbons (Fsp3) is 0.0625. The van der Waals surface area contributed by atoms with Crippen molar-refractivity contribution in [3.05, 3.63) is 54.5 Å². The van der Waals surface area contributed by atoms with Gasteiger partial charge in [0.2, 0.25) is 0 Å². The number of para-hydroxylation sites is 1. The molecule has 0 spiro atoms. The van der Waals surface area contributed by atoms with Crippen molar-refractivity contribution in [3.8, 4) is 5.75 Å². The number of benzene rings is 2. The molecule has 0 radical (unpaired) electrons. The quantitative estimate of drug-likeness (QED) is 0.770. The summed E-state index contributed by atoms with van der Waals surface area (Å²) < 4.78 is 37.6. The molecule has 3 aromatic rings. The molecule has 2 aromatic carbocycles. The topological polar surface area (TPSA) is 79.3 Å². The average molecular weight is 332 g/mol. The molecule has 7 heteroatoms. The lowest BCUT2D eigenvalue weighted by atomic mass is 10.1. The molecule has 0 amide bonds. The third-order valence-electron chi connectivity index (χ3n) is 3.35. The fourth-order valence-electron chi connectivity index (χ4n) is 2.31. The summed E-state index contributed by atoms with van der Waals surface area (Å²) in [5, 5.41) is 12.9. The maximum absolute atomic E-state index is 13.8. The first-order valence-corrected chi connectivity index (χ1v) is 8.59. The number of hydrogen-bond donors (Lipinski definition) is 2. The molecule has 1 heterocycles. The predicted octanol–water partition coefficient (Wildman–Crippen LogP) is 3.23. The van der Waals surface area contributed by atoms with Crippen LogP contribution in [0, 0.1) is 5.82 Å². The number of aromatic hydroxyl groups is 1. The van der Waals surface area contributed by atoms with Crippen LogP contribution in [-0.2, 0) is 9.84 Å². The molecule has 0 aliphatic heterocycles. The van der Waals surface area contributed by atoms with Crippen molar-refractivity contribution in [2.45, 2.75) is 4.90 Å². The van der Waals surface area contributed by atoms with Crippen LogP contribution in [0.3, 0.4) is 0 Å². The van der Waals surface area contributed by atoms with Gasteiger partial charge in [0, 0.05) is 29.6 Å². The highest BCUT2D eigenvalue weighted by Gasteiger charge is 2.15. The number of anilines is 2. The number of fused-ring (bicyclic) bond motifs is 1. The summed E-state index contributed by atoms with van der Waals surface area (Å²) in [7, 11) is -3.44. The number of halogens is 1. The second-order valence-electron chi connectivity index (χ2n) is 5.07. The smallest absolute Gasteiger partial charge is 0.177 e. The van der Waals surface area contributed by atoms with Crippen LogP contribution in [0.4, 0.5) is 15.8 Å². The van der Waals surface area contributed by atoms with E-state index < -0.39 is 15.7 Å². The lowest BCUT2D eigenvalue weighted by Crippen LogP contribution is -2.01. The Balaban J connectivity index is 2.18. The first kappa shape index (κ1) is 15.2. The number of nitrogens with one attached hydrogen (secondary N) is 1. The monoisotopic (exact) mass is 332 g/mol. The maximum Gasteiger partial charge on any atom is 0.177 e. The van der Waals surface area contributed by atoms with Crippen molar-refractivity contribution in [1.82, 2.24) is 4.98 Å². The van der Waals surface area contributed by atoms with Crippen molar-refractivity contribution in [3.63, 3.8) is 0 Å². The molecule has 0 saturated carbocycles. The van der Waals surface area contributed by atoms with Crippen LogP contribution in [0.25, 0.3) is 10.9 Å². The summed E-state index contributed by atoms with van der Waals surface area (Å²) >= 11 is 0. The third kappa shape index (κ3) is 2.95. The number of phenols is 1. The minimum absolute atomic E-state index is 0.0795. The molecular weight excluding hydrogens is 319 g/mol. The zero-order valence-electron chi connectivity index (χ0n) is 12.1. The molecule has 0 aliphatic rings. The van der Waals surface area contributed by atoms with E-state index in [2.05, 4.69) is 10.3 Å². The van der Waals surface area contributed by atoms with Gasteiger partial charge in [0.1, 0.15) is 11.6 Å². The van der Waals surface area contributed by atoms with Gasteiger partial charge in [0.25, 0.3) is 0 Å².